The van der Waals surface area contributed by atoms with Gasteiger partial charge in [-0.1, -0.05) is 19.8 Å². The first-order chi connectivity index (χ1) is 9.19. The lowest BCUT2D eigenvalue weighted by molar-refractivity contribution is -0.138. The van der Waals surface area contributed by atoms with Gasteiger partial charge in [-0.2, -0.15) is 0 Å². The van der Waals surface area contributed by atoms with E-state index in [0.717, 1.165) is 38.1 Å². The Morgan fingerprint density at radius 3 is 2.26 bits per heavy atom. The largest absolute Gasteiger partial charge is 0.480 e. The second kappa shape index (κ2) is 7.25. The first-order valence-electron chi connectivity index (χ1n) is 7.87. The third-order valence-corrected chi connectivity index (χ3v) is 4.80. The average molecular weight is 268 g/mol. The molecule has 2 rings (SSSR count). The molecule has 0 unspecified atom stereocenters. The van der Waals surface area contributed by atoms with Crippen LogP contribution in [0.5, 0.6) is 0 Å². The van der Waals surface area contributed by atoms with Crippen molar-refractivity contribution in [3.05, 3.63) is 0 Å². The Hall–Kier alpha value is -0.610. The van der Waals surface area contributed by atoms with E-state index in [1.807, 2.05) is 0 Å². The van der Waals surface area contributed by atoms with Crippen molar-refractivity contribution >= 4 is 5.97 Å². The second-order valence-electron chi connectivity index (χ2n) is 6.17. The van der Waals surface area contributed by atoms with Gasteiger partial charge in [0.15, 0.2) is 0 Å². The van der Waals surface area contributed by atoms with E-state index < -0.39 is 5.97 Å². The molecule has 4 heteroatoms. The lowest BCUT2D eigenvalue weighted by atomic mass is 9.83. The highest BCUT2D eigenvalue weighted by Crippen LogP contribution is 2.30. The maximum absolute atomic E-state index is 10.7. The molecule has 0 atom stereocenters. The van der Waals surface area contributed by atoms with Crippen molar-refractivity contribution in [2.75, 3.05) is 32.7 Å². The Morgan fingerprint density at radius 1 is 1.11 bits per heavy atom. The van der Waals surface area contributed by atoms with Gasteiger partial charge < -0.3 is 5.11 Å². The summed E-state index contributed by atoms with van der Waals surface area (Å²) in [4.78, 5) is 15.3. The Kier molecular flexibility index (Phi) is 5.64. The fraction of sp³-hybridized carbons (Fsp3) is 0.933. The highest BCUT2D eigenvalue weighted by Gasteiger charge is 2.28. The molecule has 0 spiro atoms. The van der Waals surface area contributed by atoms with E-state index in [-0.39, 0.29) is 6.54 Å². The monoisotopic (exact) mass is 268 g/mol. The summed E-state index contributed by atoms with van der Waals surface area (Å²) in [5.74, 6) is 0.267. The molecule has 0 aromatic heterocycles. The molecule has 0 aromatic rings. The molecule has 2 aliphatic rings. The van der Waals surface area contributed by atoms with E-state index >= 15 is 0 Å². The molecular formula is C15H28N2O2. The van der Waals surface area contributed by atoms with Gasteiger partial charge in [0.1, 0.15) is 0 Å². The first kappa shape index (κ1) is 14.8. The van der Waals surface area contributed by atoms with E-state index in [0.29, 0.717) is 0 Å². The number of piperazine rings is 1. The van der Waals surface area contributed by atoms with Crippen LogP contribution in [0.25, 0.3) is 0 Å². The van der Waals surface area contributed by atoms with Gasteiger partial charge in [0.2, 0.25) is 0 Å². The molecule has 0 aromatic carbocycles. The standard InChI is InChI=1S/C15H28N2O2/c1-2-3-13-4-6-14(7-5-13)17-10-8-16(9-11-17)12-15(18)19/h13-14H,2-12H2,1H3,(H,18,19). The summed E-state index contributed by atoms with van der Waals surface area (Å²) in [6.45, 7) is 6.43. The Morgan fingerprint density at radius 2 is 1.74 bits per heavy atom. The zero-order valence-electron chi connectivity index (χ0n) is 12.2. The molecule has 0 bridgehead atoms. The molecule has 1 N–H and O–H groups in total. The molecule has 0 amide bonds. The molecule has 1 saturated carbocycles. The third kappa shape index (κ3) is 4.46. The van der Waals surface area contributed by atoms with Crippen molar-refractivity contribution in [3.63, 3.8) is 0 Å². The first-order valence-corrected chi connectivity index (χ1v) is 7.87. The fourth-order valence-electron chi connectivity index (χ4n) is 3.68. The van der Waals surface area contributed by atoms with Gasteiger partial charge in [-0.25, -0.2) is 0 Å². The van der Waals surface area contributed by atoms with E-state index in [9.17, 15) is 4.79 Å². The number of nitrogens with zero attached hydrogens (tertiary/aromatic N) is 2. The topological polar surface area (TPSA) is 43.8 Å². The molecule has 110 valence electrons. The maximum Gasteiger partial charge on any atom is 0.317 e. The van der Waals surface area contributed by atoms with Gasteiger partial charge >= 0.3 is 5.97 Å². The van der Waals surface area contributed by atoms with Crippen LogP contribution in [0.15, 0.2) is 0 Å². The van der Waals surface area contributed by atoms with E-state index in [2.05, 4.69) is 16.7 Å². The van der Waals surface area contributed by atoms with Crippen molar-refractivity contribution in [1.82, 2.24) is 9.80 Å². The Balaban J connectivity index is 1.69. The summed E-state index contributed by atoms with van der Waals surface area (Å²) in [7, 11) is 0. The van der Waals surface area contributed by atoms with Gasteiger partial charge in [0, 0.05) is 32.2 Å². The number of hydrogen-bond donors (Lipinski definition) is 1. The van der Waals surface area contributed by atoms with Crippen LogP contribution < -0.4 is 0 Å². The van der Waals surface area contributed by atoms with Crippen molar-refractivity contribution < 1.29 is 9.90 Å². The van der Waals surface area contributed by atoms with Crippen molar-refractivity contribution in [3.8, 4) is 0 Å². The summed E-state index contributed by atoms with van der Waals surface area (Å²) >= 11 is 0. The minimum absolute atomic E-state index is 0.205. The number of aliphatic carboxylic acids is 1. The van der Waals surface area contributed by atoms with Crippen LogP contribution in [0.4, 0.5) is 0 Å². The number of rotatable bonds is 5. The number of carboxylic acid groups (broad SMARTS) is 1. The fourth-order valence-corrected chi connectivity index (χ4v) is 3.68. The van der Waals surface area contributed by atoms with Crippen LogP contribution >= 0.6 is 0 Å². The zero-order chi connectivity index (χ0) is 13.7. The Bertz CT molecular complexity index is 280. The minimum Gasteiger partial charge on any atom is -0.480 e. The molecule has 0 radical (unpaired) electrons. The lowest BCUT2D eigenvalue weighted by Gasteiger charge is -2.41. The van der Waals surface area contributed by atoms with Crippen LogP contribution in [0, 0.1) is 5.92 Å². The predicted octanol–water partition coefficient (Wildman–Crippen LogP) is 2.05. The number of carboxylic acids is 1. The molecular weight excluding hydrogens is 240 g/mol. The lowest BCUT2D eigenvalue weighted by Crippen LogP contribution is -2.52. The minimum atomic E-state index is -0.700. The smallest absolute Gasteiger partial charge is 0.317 e. The molecule has 4 nitrogen and oxygen atoms in total. The van der Waals surface area contributed by atoms with Gasteiger partial charge in [-0.3, -0.25) is 14.6 Å². The van der Waals surface area contributed by atoms with Crippen LogP contribution in [-0.2, 0) is 4.79 Å². The normalized spacial score (nSPS) is 30.4. The summed E-state index contributed by atoms with van der Waals surface area (Å²) < 4.78 is 0. The Labute approximate surface area is 116 Å². The molecule has 1 saturated heterocycles. The van der Waals surface area contributed by atoms with Gasteiger partial charge in [-0.15, -0.1) is 0 Å². The average Bonchev–Trinajstić information content (AvgIpc) is 2.40. The molecule has 1 heterocycles. The molecule has 1 aliphatic carbocycles. The van der Waals surface area contributed by atoms with Gasteiger partial charge in [0.05, 0.1) is 6.54 Å². The van der Waals surface area contributed by atoms with E-state index in [1.54, 1.807) is 0 Å². The van der Waals surface area contributed by atoms with Crippen LogP contribution in [0.2, 0.25) is 0 Å². The summed E-state index contributed by atoms with van der Waals surface area (Å²) in [5, 5.41) is 8.80. The quantitative estimate of drug-likeness (QED) is 0.829. The van der Waals surface area contributed by atoms with E-state index in [1.165, 1.54) is 38.5 Å². The van der Waals surface area contributed by atoms with Crippen LogP contribution in [0.1, 0.15) is 45.4 Å². The van der Waals surface area contributed by atoms with Gasteiger partial charge in [-0.05, 0) is 31.6 Å². The SMILES string of the molecule is CCCC1CCC(N2CCN(CC(=O)O)CC2)CC1. The van der Waals surface area contributed by atoms with E-state index in [4.69, 9.17) is 5.11 Å². The molecule has 2 fully saturated rings. The summed E-state index contributed by atoms with van der Waals surface area (Å²) in [6.07, 6.45) is 8.22. The highest BCUT2D eigenvalue weighted by molar-refractivity contribution is 5.69. The third-order valence-electron chi connectivity index (χ3n) is 4.80. The second-order valence-corrected chi connectivity index (χ2v) is 6.17. The van der Waals surface area contributed by atoms with Crippen LogP contribution in [-0.4, -0.2) is 59.6 Å². The van der Waals surface area contributed by atoms with Crippen LogP contribution in [0.3, 0.4) is 0 Å². The van der Waals surface area contributed by atoms with Crippen molar-refractivity contribution in [2.45, 2.75) is 51.5 Å². The van der Waals surface area contributed by atoms with Gasteiger partial charge in [0.25, 0.3) is 0 Å². The zero-order valence-corrected chi connectivity index (χ0v) is 12.2. The summed E-state index contributed by atoms with van der Waals surface area (Å²) in [5.41, 5.74) is 0. The summed E-state index contributed by atoms with van der Waals surface area (Å²) in [6, 6.07) is 0.764. The number of carbonyl (C=O) groups is 1. The molecule has 1 aliphatic heterocycles. The van der Waals surface area contributed by atoms with Crippen molar-refractivity contribution in [2.24, 2.45) is 5.92 Å². The maximum atomic E-state index is 10.7. The number of hydrogen-bond acceptors (Lipinski definition) is 3. The van der Waals surface area contributed by atoms with Crippen molar-refractivity contribution in [1.29, 1.82) is 0 Å². The highest BCUT2D eigenvalue weighted by atomic mass is 16.4. The predicted molar refractivity (Wildman–Crippen MR) is 76.3 cm³/mol. The molecule has 19 heavy (non-hydrogen) atoms.